The number of aromatic hydroxyl groups is 1. The van der Waals surface area contributed by atoms with Gasteiger partial charge in [-0.3, -0.25) is 13.9 Å². The summed E-state index contributed by atoms with van der Waals surface area (Å²) in [5, 5.41) is 13.9. The minimum atomic E-state index is -0.449. The molecule has 0 aliphatic heterocycles. The highest BCUT2D eigenvalue weighted by Crippen LogP contribution is 2.16. The standard InChI is InChI=1S/C16H18N6O3/c1-9-5-6-11(23)10(7-9)8-17-19-15-18-13-12(20(15)2)14(24)22(4)16(25)21(13)3/h5-8,23H,1-4H3,(H,18,19)/b17-8-. The van der Waals surface area contributed by atoms with E-state index < -0.39 is 11.2 Å². The smallest absolute Gasteiger partial charge is 0.332 e. The molecule has 0 amide bonds. The fourth-order valence-corrected chi connectivity index (χ4v) is 2.56. The number of aryl methyl sites for hydroxylation is 3. The Kier molecular flexibility index (Phi) is 3.91. The van der Waals surface area contributed by atoms with Gasteiger partial charge in [0, 0.05) is 26.7 Å². The third-order valence-corrected chi connectivity index (χ3v) is 4.03. The predicted molar refractivity (Wildman–Crippen MR) is 95.3 cm³/mol. The fourth-order valence-electron chi connectivity index (χ4n) is 2.56. The molecule has 0 saturated heterocycles. The highest BCUT2D eigenvalue weighted by atomic mass is 16.3. The molecule has 2 heterocycles. The number of hydrogen-bond donors (Lipinski definition) is 2. The lowest BCUT2D eigenvalue weighted by Gasteiger charge is -2.03. The van der Waals surface area contributed by atoms with Gasteiger partial charge in [0.1, 0.15) is 5.75 Å². The number of aromatic nitrogens is 4. The van der Waals surface area contributed by atoms with E-state index in [2.05, 4.69) is 15.5 Å². The summed E-state index contributed by atoms with van der Waals surface area (Å²) in [6, 6.07) is 5.17. The van der Waals surface area contributed by atoms with Gasteiger partial charge in [-0.25, -0.2) is 10.2 Å². The normalized spacial score (nSPS) is 11.5. The summed E-state index contributed by atoms with van der Waals surface area (Å²) < 4.78 is 3.87. The topological polar surface area (TPSA) is 106 Å². The number of hydrazone groups is 1. The van der Waals surface area contributed by atoms with Gasteiger partial charge in [0.15, 0.2) is 11.2 Å². The van der Waals surface area contributed by atoms with E-state index in [4.69, 9.17) is 0 Å². The number of phenolic OH excluding ortho intramolecular Hbond substituents is 1. The second-order valence-corrected chi connectivity index (χ2v) is 5.80. The minimum absolute atomic E-state index is 0.109. The monoisotopic (exact) mass is 342 g/mol. The molecule has 2 N–H and O–H groups in total. The largest absolute Gasteiger partial charge is 0.507 e. The molecule has 0 saturated carbocycles. The van der Waals surface area contributed by atoms with Crippen molar-refractivity contribution >= 4 is 23.3 Å². The Balaban J connectivity index is 2.02. The third kappa shape index (κ3) is 2.69. The summed E-state index contributed by atoms with van der Waals surface area (Å²) in [6.45, 7) is 1.91. The van der Waals surface area contributed by atoms with Crippen LogP contribution in [0, 0.1) is 6.92 Å². The van der Waals surface area contributed by atoms with Crippen molar-refractivity contribution in [3.05, 3.63) is 50.2 Å². The molecule has 0 unspecified atom stereocenters. The van der Waals surface area contributed by atoms with Gasteiger partial charge in [0.2, 0.25) is 5.95 Å². The molecule has 0 bridgehead atoms. The Morgan fingerprint density at radius 3 is 2.60 bits per heavy atom. The van der Waals surface area contributed by atoms with Crippen molar-refractivity contribution in [3.63, 3.8) is 0 Å². The van der Waals surface area contributed by atoms with Crippen LogP contribution in [-0.2, 0) is 21.1 Å². The molecule has 3 aromatic rings. The number of nitrogens with one attached hydrogen (secondary N) is 1. The van der Waals surface area contributed by atoms with Crippen LogP contribution >= 0.6 is 0 Å². The van der Waals surface area contributed by atoms with E-state index in [0.29, 0.717) is 17.0 Å². The molecule has 0 radical (unpaired) electrons. The van der Waals surface area contributed by atoms with E-state index in [1.165, 1.54) is 22.4 Å². The summed E-state index contributed by atoms with van der Waals surface area (Å²) in [5.41, 5.74) is 3.96. The second-order valence-electron chi connectivity index (χ2n) is 5.80. The number of benzene rings is 1. The zero-order valence-electron chi connectivity index (χ0n) is 14.3. The molecule has 1 aromatic carbocycles. The molecule has 0 atom stereocenters. The molecule has 0 aliphatic rings. The lowest BCUT2D eigenvalue weighted by Crippen LogP contribution is -2.37. The van der Waals surface area contributed by atoms with E-state index >= 15 is 0 Å². The minimum Gasteiger partial charge on any atom is -0.507 e. The van der Waals surface area contributed by atoms with Crippen LogP contribution in [0.2, 0.25) is 0 Å². The maximum Gasteiger partial charge on any atom is 0.332 e. The fraction of sp³-hybridized carbons (Fsp3) is 0.250. The molecule has 0 fully saturated rings. The van der Waals surface area contributed by atoms with Crippen LogP contribution in [0.3, 0.4) is 0 Å². The molecule has 0 aliphatic carbocycles. The van der Waals surface area contributed by atoms with Gasteiger partial charge in [-0.1, -0.05) is 11.6 Å². The van der Waals surface area contributed by atoms with Crippen molar-refractivity contribution in [2.45, 2.75) is 6.92 Å². The first-order valence-electron chi connectivity index (χ1n) is 7.52. The van der Waals surface area contributed by atoms with E-state index in [1.54, 1.807) is 32.3 Å². The number of phenols is 1. The van der Waals surface area contributed by atoms with Crippen LogP contribution in [0.25, 0.3) is 11.2 Å². The highest BCUT2D eigenvalue weighted by Gasteiger charge is 2.16. The van der Waals surface area contributed by atoms with Crippen molar-refractivity contribution in [3.8, 4) is 5.75 Å². The third-order valence-electron chi connectivity index (χ3n) is 4.03. The first kappa shape index (κ1) is 16.5. The van der Waals surface area contributed by atoms with Gasteiger partial charge in [-0.15, -0.1) is 0 Å². The Morgan fingerprint density at radius 2 is 1.88 bits per heavy atom. The maximum absolute atomic E-state index is 12.3. The SMILES string of the molecule is Cc1ccc(O)c(/C=N\Nc2nc3c(c(=O)n(C)c(=O)n3C)n2C)c1. The maximum atomic E-state index is 12.3. The summed E-state index contributed by atoms with van der Waals surface area (Å²) >= 11 is 0. The zero-order chi connectivity index (χ0) is 18.3. The summed E-state index contributed by atoms with van der Waals surface area (Å²) in [4.78, 5) is 28.6. The van der Waals surface area contributed by atoms with Crippen molar-refractivity contribution in [1.82, 2.24) is 18.7 Å². The molecule has 25 heavy (non-hydrogen) atoms. The molecule has 9 nitrogen and oxygen atoms in total. The molecule has 3 rings (SSSR count). The summed E-state index contributed by atoms with van der Waals surface area (Å²) in [5.74, 6) is 0.411. The molecule has 2 aromatic heterocycles. The lowest BCUT2D eigenvalue weighted by atomic mass is 10.1. The number of anilines is 1. The van der Waals surface area contributed by atoms with Gasteiger partial charge in [0.05, 0.1) is 6.21 Å². The van der Waals surface area contributed by atoms with E-state index in [9.17, 15) is 14.7 Å². The van der Waals surface area contributed by atoms with Crippen LogP contribution in [-0.4, -0.2) is 30.0 Å². The summed E-state index contributed by atoms with van der Waals surface area (Å²) in [6.07, 6.45) is 1.46. The molecular formula is C16H18N6O3. The number of fused-ring (bicyclic) bond motifs is 1. The van der Waals surface area contributed by atoms with Crippen LogP contribution in [0.5, 0.6) is 5.75 Å². The van der Waals surface area contributed by atoms with Crippen molar-refractivity contribution in [1.29, 1.82) is 0 Å². The molecule has 130 valence electrons. The van der Waals surface area contributed by atoms with E-state index in [0.717, 1.165) is 10.1 Å². The average molecular weight is 342 g/mol. The van der Waals surface area contributed by atoms with Gasteiger partial charge in [-0.05, 0) is 19.1 Å². The van der Waals surface area contributed by atoms with Crippen LogP contribution in [0.4, 0.5) is 5.95 Å². The molecule has 0 spiro atoms. The number of nitrogens with zero attached hydrogens (tertiary/aromatic N) is 5. The van der Waals surface area contributed by atoms with Crippen LogP contribution in [0.1, 0.15) is 11.1 Å². The number of hydrogen-bond acceptors (Lipinski definition) is 6. The number of rotatable bonds is 3. The first-order valence-corrected chi connectivity index (χ1v) is 7.52. The first-order chi connectivity index (χ1) is 11.8. The average Bonchev–Trinajstić information content (AvgIpc) is 2.91. The predicted octanol–water partition coefficient (Wildman–Crippen LogP) is 0.431. The van der Waals surface area contributed by atoms with Gasteiger partial charge in [0.25, 0.3) is 5.56 Å². The van der Waals surface area contributed by atoms with Gasteiger partial charge < -0.3 is 9.67 Å². The van der Waals surface area contributed by atoms with Crippen molar-refractivity contribution in [2.75, 3.05) is 5.43 Å². The Hall–Kier alpha value is -3.36. The van der Waals surface area contributed by atoms with Gasteiger partial charge in [-0.2, -0.15) is 10.1 Å². The molecule has 9 heteroatoms. The van der Waals surface area contributed by atoms with Gasteiger partial charge >= 0.3 is 5.69 Å². The molecular weight excluding hydrogens is 324 g/mol. The van der Waals surface area contributed by atoms with Crippen molar-refractivity contribution in [2.24, 2.45) is 26.2 Å². The van der Waals surface area contributed by atoms with E-state index in [1.807, 2.05) is 6.92 Å². The van der Waals surface area contributed by atoms with Crippen LogP contribution in [0.15, 0.2) is 32.9 Å². The van der Waals surface area contributed by atoms with Crippen molar-refractivity contribution < 1.29 is 5.11 Å². The Morgan fingerprint density at radius 1 is 1.16 bits per heavy atom. The highest BCUT2D eigenvalue weighted by molar-refractivity contribution is 5.84. The Bertz CT molecular complexity index is 1120. The number of imidazole rings is 1. The summed E-state index contributed by atoms with van der Waals surface area (Å²) in [7, 11) is 4.63. The lowest BCUT2D eigenvalue weighted by molar-refractivity contribution is 0.474. The van der Waals surface area contributed by atoms with Crippen LogP contribution < -0.4 is 16.7 Å². The van der Waals surface area contributed by atoms with E-state index in [-0.39, 0.29) is 11.4 Å². The zero-order valence-corrected chi connectivity index (χ0v) is 14.3. The Labute approximate surface area is 142 Å². The quantitative estimate of drug-likeness (QED) is 0.530. The second kappa shape index (κ2) is 5.93.